The molecule has 0 unspecified atom stereocenters. The maximum absolute atomic E-state index is 13.9. The number of hydrogen-bond acceptors (Lipinski definition) is 0. The van der Waals surface area contributed by atoms with E-state index in [4.69, 9.17) is 46.4 Å². The van der Waals surface area contributed by atoms with Crippen LogP contribution in [-0.4, -0.2) is 0 Å². The Kier molecular flexibility index (Phi) is 4.39. The number of rotatable bonds is 2. The van der Waals surface area contributed by atoms with Crippen molar-refractivity contribution in [2.45, 2.75) is 5.88 Å². The minimum Gasteiger partial charge on any atom is -0.206 e. The van der Waals surface area contributed by atoms with Gasteiger partial charge in [0.2, 0.25) is 0 Å². The van der Waals surface area contributed by atoms with Crippen LogP contribution >= 0.6 is 46.4 Å². The SMILES string of the molecule is Fc1cccc(CCl)c1-c1cc(Cl)c(Cl)cc1Cl. The van der Waals surface area contributed by atoms with Gasteiger partial charge in [-0.3, -0.25) is 0 Å². The molecule has 94 valence electrons. The molecule has 0 saturated heterocycles. The molecule has 0 atom stereocenters. The minimum absolute atomic E-state index is 0.184. The van der Waals surface area contributed by atoms with Gasteiger partial charge in [0.15, 0.2) is 0 Å². The lowest BCUT2D eigenvalue weighted by molar-refractivity contribution is 0.630. The lowest BCUT2D eigenvalue weighted by Crippen LogP contribution is -1.92. The zero-order valence-corrected chi connectivity index (χ0v) is 12.0. The monoisotopic (exact) mass is 322 g/mol. The summed E-state index contributed by atoms with van der Waals surface area (Å²) >= 11 is 23.7. The van der Waals surface area contributed by atoms with Crippen LogP contribution in [0, 0.1) is 5.82 Å². The van der Waals surface area contributed by atoms with Gasteiger partial charge < -0.3 is 0 Å². The third-order valence-electron chi connectivity index (χ3n) is 2.52. The summed E-state index contributed by atoms with van der Waals surface area (Å²) in [5, 5.41) is 0.981. The van der Waals surface area contributed by atoms with E-state index in [1.54, 1.807) is 18.2 Å². The molecule has 0 aliphatic heterocycles. The summed E-state index contributed by atoms with van der Waals surface area (Å²) < 4.78 is 13.9. The number of halogens is 5. The lowest BCUT2D eigenvalue weighted by atomic mass is 10.00. The molecule has 0 aliphatic rings. The Morgan fingerprint density at radius 2 is 1.61 bits per heavy atom. The predicted molar refractivity (Wildman–Crippen MR) is 76.4 cm³/mol. The second-order valence-corrected chi connectivity index (χ2v) is 5.14. The van der Waals surface area contributed by atoms with Crippen molar-refractivity contribution in [3.63, 3.8) is 0 Å². The fourth-order valence-corrected chi connectivity index (χ4v) is 2.56. The zero-order chi connectivity index (χ0) is 13.3. The second-order valence-electron chi connectivity index (χ2n) is 3.65. The molecule has 0 fully saturated rings. The van der Waals surface area contributed by atoms with Crippen LogP contribution in [0.4, 0.5) is 4.39 Å². The number of benzene rings is 2. The molecule has 2 rings (SSSR count). The fraction of sp³-hybridized carbons (Fsp3) is 0.0769. The van der Waals surface area contributed by atoms with Crippen molar-refractivity contribution in [3.8, 4) is 11.1 Å². The smallest absolute Gasteiger partial charge is 0.131 e. The van der Waals surface area contributed by atoms with Gasteiger partial charge in [-0.05, 0) is 23.8 Å². The first-order valence-electron chi connectivity index (χ1n) is 5.03. The Hall–Kier alpha value is -0.470. The topological polar surface area (TPSA) is 0 Å². The van der Waals surface area contributed by atoms with Gasteiger partial charge >= 0.3 is 0 Å². The molecule has 18 heavy (non-hydrogen) atoms. The molecule has 5 heteroatoms. The van der Waals surface area contributed by atoms with E-state index in [0.29, 0.717) is 31.8 Å². The summed E-state index contributed by atoms with van der Waals surface area (Å²) in [5.74, 6) is -0.211. The van der Waals surface area contributed by atoms with Gasteiger partial charge in [-0.25, -0.2) is 4.39 Å². The fourth-order valence-electron chi connectivity index (χ4n) is 1.70. The molecule has 0 N–H and O–H groups in total. The maximum atomic E-state index is 13.9. The summed E-state index contributed by atoms with van der Waals surface area (Å²) in [6.45, 7) is 0. The number of hydrogen-bond donors (Lipinski definition) is 0. The molecule has 0 radical (unpaired) electrons. The molecular weight excluding hydrogens is 317 g/mol. The summed E-state index contributed by atoms with van der Waals surface area (Å²) in [6.07, 6.45) is 0. The van der Waals surface area contributed by atoms with E-state index < -0.39 is 5.82 Å². The van der Waals surface area contributed by atoms with Crippen LogP contribution in [0.2, 0.25) is 15.1 Å². The molecule has 2 aromatic rings. The van der Waals surface area contributed by atoms with Gasteiger partial charge in [0.25, 0.3) is 0 Å². The quantitative estimate of drug-likeness (QED) is 0.456. The van der Waals surface area contributed by atoms with Crippen LogP contribution in [0.25, 0.3) is 11.1 Å². The highest BCUT2D eigenvalue weighted by Crippen LogP contribution is 2.38. The van der Waals surface area contributed by atoms with E-state index in [-0.39, 0.29) is 5.88 Å². The number of alkyl halides is 1. The second kappa shape index (κ2) is 5.66. The van der Waals surface area contributed by atoms with Crippen molar-refractivity contribution in [2.24, 2.45) is 0 Å². The van der Waals surface area contributed by atoms with E-state index in [2.05, 4.69) is 0 Å². The Morgan fingerprint density at radius 3 is 2.28 bits per heavy atom. The largest absolute Gasteiger partial charge is 0.206 e. The minimum atomic E-state index is -0.395. The van der Waals surface area contributed by atoms with Crippen LogP contribution in [0.1, 0.15) is 5.56 Å². The van der Waals surface area contributed by atoms with E-state index in [1.807, 2.05) is 0 Å². The van der Waals surface area contributed by atoms with Gasteiger partial charge in [-0.2, -0.15) is 0 Å². The Morgan fingerprint density at radius 1 is 0.944 bits per heavy atom. The van der Waals surface area contributed by atoms with Crippen molar-refractivity contribution < 1.29 is 4.39 Å². The van der Waals surface area contributed by atoms with Crippen molar-refractivity contribution in [2.75, 3.05) is 0 Å². The van der Waals surface area contributed by atoms with Crippen LogP contribution < -0.4 is 0 Å². The third-order valence-corrected chi connectivity index (χ3v) is 3.85. The average molecular weight is 324 g/mol. The first-order valence-corrected chi connectivity index (χ1v) is 6.69. The standard InChI is InChI=1S/C13H7Cl4F/c14-6-7-2-1-3-12(18)13(7)8-4-10(16)11(17)5-9(8)15/h1-5H,6H2. The molecule has 0 heterocycles. The zero-order valence-electron chi connectivity index (χ0n) is 8.98. The van der Waals surface area contributed by atoms with Gasteiger partial charge in [-0.15, -0.1) is 11.6 Å². The third kappa shape index (κ3) is 2.60. The first kappa shape index (κ1) is 14.0. The first-order chi connectivity index (χ1) is 8.54. The Labute approximate surface area is 124 Å². The molecule has 0 aliphatic carbocycles. The van der Waals surface area contributed by atoms with Crippen molar-refractivity contribution in [3.05, 3.63) is 56.8 Å². The Bertz CT molecular complexity index is 596. The molecule has 2 aromatic carbocycles. The van der Waals surface area contributed by atoms with Crippen molar-refractivity contribution in [1.82, 2.24) is 0 Å². The van der Waals surface area contributed by atoms with Crippen molar-refractivity contribution >= 4 is 46.4 Å². The van der Waals surface area contributed by atoms with Gasteiger partial charge in [0.05, 0.1) is 15.1 Å². The molecule has 0 bridgehead atoms. The predicted octanol–water partition coefficient (Wildman–Crippen LogP) is 6.19. The van der Waals surface area contributed by atoms with E-state index in [1.165, 1.54) is 12.1 Å². The summed E-state index contributed by atoms with van der Waals surface area (Å²) in [4.78, 5) is 0. The van der Waals surface area contributed by atoms with E-state index >= 15 is 0 Å². The van der Waals surface area contributed by atoms with E-state index in [0.717, 1.165) is 0 Å². The molecule has 0 spiro atoms. The Balaban J connectivity index is 2.73. The molecule has 0 saturated carbocycles. The van der Waals surface area contributed by atoms with E-state index in [9.17, 15) is 4.39 Å². The summed E-state index contributed by atoms with van der Waals surface area (Å²) in [7, 11) is 0. The highest BCUT2D eigenvalue weighted by molar-refractivity contribution is 6.44. The summed E-state index contributed by atoms with van der Waals surface area (Å²) in [5.41, 5.74) is 1.49. The van der Waals surface area contributed by atoms with Gasteiger partial charge in [0.1, 0.15) is 5.82 Å². The van der Waals surface area contributed by atoms with Crippen LogP contribution in [0.15, 0.2) is 30.3 Å². The normalized spacial score (nSPS) is 10.7. The highest BCUT2D eigenvalue weighted by Gasteiger charge is 2.15. The molecular formula is C13H7Cl4F. The molecule has 0 nitrogen and oxygen atoms in total. The van der Waals surface area contributed by atoms with Gasteiger partial charge in [-0.1, -0.05) is 46.9 Å². The molecule has 0 aromatic heterocycles. The van der Waals surface area contributed by atoms with Crippen molar-refractivity contribution in [1.29, 1.82) is 0 Å². The van der Waals surface area contributed by atoms with Gasteiger partial charge in [0, 0.05) is 17.0 Å². The van der Waals surface area contributed by atoms with Crippen LogP contribution in [0.3, 0.4) is 0 Å². The maximum Gasteiger partial charge on any atom is 0.131 e. The molecule has 0 amide bonds. The highest BCUT2D eigenvalue weighted by atomic mass is 35.5. The lowest BCUT2D eigenvalue weighted by Gasteiger charge is -2.11. The summed E-state index contributed by atoms with van der Waals surface area (Å²) in [6, 6.07) is 7.72. The van der Waals surface area contributed by atoms with Crippen LogP contribution in [0.5, 0.6) is 0 Å². The average Bonchev–Trinajstić information content (AvgIpc) is 2.34. The van der Waals surface area contributed by atoms with Crippen LogP contribution in [-0.2, 0) is 5.88 Å².